The van der Waals surface area contributed by atoms with E-state index in [-0.39, 0.29) is 0 Å². The summed E-state index contributed by atoms with van der Waals surface area (Å²) in [5.41, 5.74) is 0.637. The third-order valence-electron chi connectivity index (χ3n) is 4.45. The van der Waals surface area contributed by atoms with Gasteiger partial charge in [0.25, 0.3) is 0 Å². The highest BCUT2D eigenvalue weighted by Crippen LogP contribution is 2.25. The predicted octanol–water partition coefficient (Wildman–Crippen LogP) is 1.66. The molecule has 0 spiro atoms. The van der Waals surface area contributed by atoms with Gasteiger partial charge in [0.1, 0.15) is 6.07 Å². The van der Waals surface area contributed by atoms with E-state index in [1.807, 2.05) is 0 Å². The monoisotopic (exact) mass is 271 g/mol. The lowest BCUT2D eigenvalue weighted by molar-refractivity contribution is 0.249. The van der Waals surface area contributed by atoms with Crippen molar-refractivity contribution < 1.29 is 0 Å². The molecular formula is C15H21N5. The van der Waals surface area contributed by atoms with Crippen molar-refractivity contribution in [1.29, 1.82) is 5.26 Å². The van der Waals surface area contributed by atoms with E-state index >= 15 is 0 Å². The van der Waals surface area contributed by atoms with Gasteiger partial charge in [-0.2, -0.15) is 10.4 Å². The molecule has 2 aliphatic heterocycles. The predicted molar refractivity (Wildman–Crippen MR) is 77.4 cm³/mol. The van der Waals surface area contributed by atoms with E-state index in [0.717, 1.165) is 24.8 Å². The summed E-state index contributed by atoms with van der Waals surface area (Å²) in [4.78, 5) is 4.81. The van der Waals surface area contributed by atoms with Crippen LogP contribution >= 0.6 is 0 Å². The second-order valence-electron chi connectivity index (χ2n) is 5.82. The van der Waals surface area contributed by atoms with Crippen molar-refractivity contribution in [1.82, 2.24) is 15.1 Å². The van der Waals surface area contributed by atoms with E-state index < -0.39 is 0 Å². The number of hydrogen-bond donors (Lipinski definition) is 0. The van der Waals surface area contributed by atoms with Gasteiger partial charge < -0.3 is 9.80 Å². The molecule has 5 nitrogen and oxygen atoms in total. The molecule has 0 aliphatic carbocycles. The van der Waals surface area contributed by atoms with Gasteiger partial charge in [0.05, 0.1) is 11.8 Å². The fourth-order valence-electron chi connectivity index (χ4n) is 3.30. The summed E-state index contributed by atoms with van der Waals surface area (Å²) in [5.74, 6) is 1.56. The minimum atomic E-state index is 0.637. The first kappa shape index (κ1) is 13.3. The maximum absolute atomic E-state index is 9.14. The number of aromatic nitrogens is 2. The van der Waals surface area contributed by atoms with Gasteiger partial charge in [-0.25, -0.2) is 0 Å². The lowest BCUT2D eigenvalue weighted by Crippen LogP contribution is -2.38. The highest BCUT2D eigenvalue weighted by atomic mass is 15.3. The lowest BCUT2D eigenvalue weighted by Gasteiger charge is -2.34. The first-order valence-corrected chi connectivity index (χ1v) is 7.56. The number of likely N-dealkylation sites (tertiary alicyclic amines) is 1. The van der Waals surface area contributed by atoms with Gasteiger partial charge in [-0.15, -0.1) is 5.10 Å². The molecule has 2 saturated heterocycles. The van der Waals surface area contributed by atoms with E-state index in [9.17, 15) is 0 Å². The van der Waals surface area contributed by atoms with Crippen molar-refractivity contribution >= 4 is 5.82 Å². The van der Waals surface area contributed by atoms with Crippen molar-refractivity contribution in [2.24, 2.45) is 5.92 Å². The van der Waals surface area contributed by atoms with Crippen LogP contribution in [0.3, 0.4) is 0 Å². The summed E-state index contributed by atoms with van der Waals surface area (Å²) in [6.07, 6.45) is 6.70. The highest BCUT2D eigenvalue weighted by Gasteiger charge is 2.24. The van der Waals surface area contributed by atoms with Crippen LogP contribution in [0.1, 0.15) is 31.2 Å². The van der Waals surface area contributed by atoms with Crippen LogP contribution in [0.4, 0.5) is 5.82 Å². The molecule has 5 heteroatoms. The fraction of sp³-hybridized carbons (Fsp3) is 0.667. The number of hydrogen-bond acceptors (Lipinski definition) is 5. The zero-order valence-electron chi connectivity index (χ0n) is 11.8. The van der Waals surface area contributed by atoms with Gasteiger partial charge in [-0.1, -0.05) is 0 Å². The van der Waals surface area contributed by atoms with E-state index in [1.54, 1.807) is 12.3 Å². The van der Waals surface area contributed by atoms with Crippen LogP contribution < -0.4 is 4.90 Å². The smallest absolute Gasteiger partial charge is 0.169 e. The number of piperidine rings is 1. The number of nitriles is 1. The third-order valence-corrected chi connectivity index (χ3v) is 4.45. The summed E-state index contributed by atoms with van der Waals surface area (Å²) in [6, 6.07) is 3.96. The molecule has 2 fully saturated rings. The fourth-order valence-corrected chi connectivity index (χ4v) is 3.30. The van der Waals surface area contributed by atoms with E-state index in [1.165, 1.54) is 45.3 Å². The standard InChI is InChI=1S/C15H21N5/c16-11-14-3-6-17-18-15(14)20-9-4-13(5-10-20)12-19-7-1-2-8-19/h3,6,13H,1-2,4-5,7-10,12H2. The average Bonchev–Trinajstić information content (AvgIpc) is 3.01. The van der Waals surface area contributed by atoms with Gasteiger partial charge in [-0.3, -0.25) is 0 Å². The van der Waals surface area contributed by atoms with Gasteiger partial charge in [0.15, 0.2) is 5.82 Å². The van der Waals surface area contributed by atoms with E-state index in [2.05, 4.69) is 26.1 Å². The molecule has 3 heterocycles. The van der Waals surface area contributed by atoms with Crippen molar-refractivity contribution in [3.8, 4) is 6.07 Å². The number of nitrogens with zero attached hydrogens (tertiary/aromatic N) is 5. The maximum Gasteiger partial charge on any atom is 0.169 e. The quantitative estimate of drug-likeness (QED) is 0.837. The second kappa shape index (κ2) is 6.19. The minimum Gasteiger partial charge on any atom is -0.354 e. The largest absolute Gasteiger partial charge is 0.354 e. The SMILES string of the molecule is N#Cc1ccnnc1N1CCC(CN2CCCC2)CC1. The Hall–Kier alpha value is -1.67. The van der Waals surface area contributed by atoms with Crippen LogP contribution in [0.5, 0.6) is 0 Å². The molecular weight excluding hydrogens is 250 g/mol. The van der Waals surface area contributed by atoms with E-state index in [4.69, 9.17) is 5.26 Å². The van der Waals surface area contributed by atoms with Gasteiger partial charge in [-0.05, 0) is 50.8 Å². The molecule has 0 bridgehead atoms. The summed E-state index contributed by atoms with van der Waals surface area (Å²) < 4.78 is 0. The van der Waals surface area contributed by atoms with Crippen molar-refractivity contribution in [2.75, 3.05) is 37.6 Å². The Labute approximate surface area is 120 Å². The first-order chi connectivity index (χ1) is 9.86. The van der Waals surface area contributed by atoms with Crippen LogP contribution in [0.2, 0.25) is 0 Å². The summed E-state index contributed by atoms with van der Waals surface area (Å²) >= 11 is 0. The summed E-state index contributed by atoms with van der Waals surface area (Å²) in [7, 11) is 0. The number of rotatable bonds is 3. The molecule has 1 aromatic heterocycles. The highest BCUT2D eigenvalue weighted by molar-refractivity contribution is 5.52. The molecule has 2 aliphatic rings. The molecule has 106 valence electrons. The zero-order chi connectivity index (χ0) is 13.8. The Morgan fingerprint density at radius 2 is 1.95 bits per heavy atom. The molecule has 0 atom stereocenters. The Morgan fingerprint density at radius 3 is 2.65 bits per heavy atom. The van der Waals surface area contributed by atoms with Crippen LogP contribution in [0.25, 0.3) is 0 Å². The summed E-state index contributed by atoms with van der Waals surface area (Å²) in [5, 5.41) is 17.2. The molecule has 1 aromatic rings. The Balaban J connectivity index is 1.56. The van der Waals surface area contributed by atoms with Crippen LogP contribution in [0.15, 0.2) is 12.3 Å². The Bertz CT molecular complexity index is 481. The van der Waals surface area contributed by atoms with Crippen molar-refractivity contribution in [2.45, 2.75) is 25.7 Å². The lowest BCUT2D eigenvalue weighted by atomic mass is 9.96. The molecule has 0 saturated carbocycles. The van der Waals surface area contributed by atoms with Crippen molar-refractivity contribution in [3.63, 3.8) is 0 Å². The first-order valence-electron chi connectivity index (χ1n) is 7.56. The normalized spacial score (nSPS) is 21.1. The topological polar surface area (TPSA) is 56.1 Å². The summed E-state index contributed by atoms with van der Waals surface area (Å²) in [6.45, 7) is 5.79. The van der Waals surface area contributed by atoms with Crippen LogP contribution in [0, 0.1) is 17.2 Å². The van der Waals surface area contributed by atoms with Crippen molar-refractivity contribution in [3.05, 3.63) is 17.8 Å². The zero-order valence-corrected chi connectivity index (χ0v) is 11.8. The van der Waals surface area contributed by atoms with Gasteiger partial charge in [0, 0.05) is 19.6 Å². The number of anilines is 1. The molecule has 20 heavy (non-hydrogen) atoms. The third kappa shape index (κ3) is 2.91. The van der Waals surface area contributed by atoms with Gasteiger partial charge >= 0.3 is 0 Å². The Kier molecular flexibility index (Phi) is 4.12. The van der Waals surface area contributed by atoms with Crippen LogP contribution in [-0.4, -0.2) is 47.8 Å². The average molecular weight is 271 g/mol. The second-order valence-corrected chi connectivity index (χ2v) is 5.82. The molecule has 0 unspecified atom stereocenters. The van der Waals surface area contributed by atoms with Crippen LogP contribution in [-0.2, 0) is 0 Å². The molecule has 3 rings (SSSR count). The van der Waals surface area contributed by atoms with E-state index in [0.29, 0.717) is 5.56 Å². The maximum atomic E-state index is 9.14. The molecule has 0 amide bonds. The Morgan fingerprint density at radius 1 is 1.20 bits per heavy atom. The van der Waals surface area contributed by atoms with Gasteiger partial charge in [0.2, 0.25) is 0 Å². The molecule has 0 N–H and O–H groups in total. The molecule has 0 radical (unpaired) electrons. The minimum absolute atomic E-state index is 0.637. The molecule has 0 aromatic carbocycles.